The van der Waals surface area contributed by atoms with Crippen molar-refractivity contribution in [2.45, 2.75) is 45.5 Å². The Labute approximate surface area is 120 Å². The molecule has 0 aliphatic rings. The first kappa shape index (κ1) is 19.1. The molecule has 0 aliphatic carbocycles. The summed E-state index contributed by atoms with van der Waals surface area (Å²) in [5.74, 6) is -0.480. The van der Waals surface area contributed by atoms with Crippen molar-refractivity contribution in [2.75, 3.05) is 27.1 Å². The summed E-state index contributed by atoms with van der Waals surface area (Å²) in [4.78, 5) is 11.5. The van der Waals surface area contributed by atoms with Crippen molar-refractivity contribution < 1.29 is 28.8 Å². The predicted molar refractivity (Wildman–Crippen MR) is 74.2 cm³/mol. The monoisotopic (exact) mass is 290 g/mol. The van der Waals surface area contributed by atoms with E-state index < -0.39 is 23.8 Å². The predicted octanol–water partition coefficient (Wildman–Crippen LogP) is 1.27. The van der Waals surface area contributed by atoms with Crippen molar-refractivity contribution in [3.63, 3.8) is 0 Å². The van der Waals surface area contributed by atoms with Gasteiger partial charge in [0.25, 0.3) is 0 Å². The van der Waals surface area contributed by atoms with E-state index in [2.05, 4.69) is 0 Å². The van der Waals surface area contributed by atoms with Gasteiger partial charge in [-0.2, -0.15) is 0 Å². The van der Waals surface area contributed by atoms with Gasteiger partial charge in [0.1, 0.15) is 18.5 Å². The third-order valence-electron chi connectivity index (χ3n) is 2.08. The molecule has 0 bridgehead atoms. The van der Waals surface area contributed by atoms with Gasteiger partial charge in [0.15, 0.2) is 0 Å². The van der Waals surface area contributed by atoms with Crippen LogP contribution in [0, 0.1) is 0 Å². The van der Waals surface area contributed by atoms with Crippen molar-refractivity contribution in [3.05, 3.63) is 12.2 Å². The summed E-state index contributed by atoms with van der Waals surface area (Å²) in [6.45, 7) is 7.80. The van der Waals surface area contributed by atoms with Gasteiger partial charge < -0.3 is 24.1 Å². The maximum absolute atomic E-state index is 11.5. The average Bonchev–Trinajstić information content (AvgIpc) is 2.29. The number of ether oxygens (including phenoxy) is 4. The topological polar surface area (TPSA) is 74.2 Å². The summed E-state index contributed by atoms with van der Waals surface area (Å²) in [5.41, 5.74) is -0.550. The molecule has 0 spiro atoms. The molecule has 0 aromatic rings. The van der Waals surface area contributed by atoms with E-state index in [1.54, 1.807) is 34.8 Å². The lowest BCUT2D eigenvalue weighted by atomic mass is 10.2. The van der Waals surface area contributed by atoms with Crippen LogP contribution in [0.4, 0.5) is 0 Å². The third kappa shape index (κ3) is 10.9. The number of aliphatic hydroxyl groups is 1. The first-order valence-electron chi connectivity index (χ1n) is 6.54. The Balaban J connectivity index is 4.16. The Morgan fingerprint density at radius 1 is 1.30 bits per heavy atom. The lowest BCUT2D eigenvalue weighted by Crippen LogP contribution is -2.27. The molecule has 0 fully saturated rings. The Kier molecular flexibility index (Phi) is 9.41. The molecule has 0 saturated heterocycles. The van der Waals surface area contributed by atoms with E-state index in [0.717, 1.165) is 0 Å². The van der Waals surface area contributed by atoms with Crippen LogP contribution in [0.5, 0.6) is 0 Å². The number of hydrogen-bond acceptors (Lipinski definition) is 6. The summed E-state index contributed by atoms with van der Waals surface area (Å²) in [6, 6.07) is 0. The van der Waals surface area contributed by atoms with Crippen molar-refractivity contribution in [3.8, 4) is 0 Å². The molecule has 118 valence electrons. The van der Waals surface area contributed by atoms with Crippen molar-refractivity contribution in [2.24, 2.45) is 0 Å². The Morgan fingerprint density at radius 3 is 2.45 bits per heavy atom. The number of methoxy groups -OCH3 is 1. The molecule has 0 aliphatic heterocycles. The van der Waals surface area contributed by atoms with Crippen LogP contribution in [-0.2, 0) is 23.7 Å². The normalized spacial score (nSPS) is 15.3. The number of esters is 1. The van der Waals surface area contributed by atoms with Crippen LogP contribution < -0.4 is 0 Å². The largest absolute Gasteiger partial charge is 0.457 e. The van der Waals surface area contributed by atoms with Gasteiger partial charge in [-0.05, 0) is 33.8 Å². The van der Waals surface area contributed by atoms with Crippen molar-refractivity contribution in [1.29, 1.82) is 0 Å². The molecule has 2 atom stereocenters. The smallest absolute Gasteiger partial charge is 0.331 e. The number of carbonyl (C=O) groups is 1. The molecule has 20 heavy (non-hydrogen) atoms. The highest BCUT2D eigenvalue weighted by molar-refractivity contribution is 5.82. The quantitative estimate of drug-likeness (QED) is 0.298. The molecule has 0 aromatic heterocycles. The third-order valence-corrected chi connectivity index (χ3v) is 2.08. The first-order valence-corrected chi connectivity index (χ1v) is 6.54. The van der Waals surface area contributed by atoms with Gasteiger partial charge in [-0.15, -0.1) is 0 Å². The van der Waals surface area contributed by atoms with E-state index in [-0.39, 0.29) is 6.79 Å². The molecule has 0 unspecified atom stereocenters. The van der Waals surface area contributed by atoms with Crippen LogP contribution in [0.25, 0.3) is 0 Å². The van der Waals surface area contributed by atoms with Gasteiger partial charge >= 0.3 is 5.97 Å². The van der Waals surface area contributed by atoms with Crippen LogP contribution in [-0.4, -0.2) is 56.0 Å². The van der Waals surface area contributed by atoms with E-state index in [0.29, 0.717) is 13.2 Å². The van der Waals surface area contributed by atoms with E-state index in [4.69, 9.17) is 18.9 Å². The number of carbonyl (C=O) groups excluding carboxylic acids is 1. The fraction of sp³-hybridized carbons (Fsp3) is 0.786. The Bertz CT molecular complexity index is 293. The highest BCUT2D eigenvalue weighted by atomic mass is 16.7. The van der Waals surface area contributed by atoms with Gasteiger partial charge in [-0.25, -0.2) is 4.79 Å². The van der Waals surface area contributed by atoms with Crippen LogP contribution in [0.3, 0.4) is 0 Å². The average molecular weight is 290 g/mol. The van der Waals surface area contributed by atoms with E-state index in [9.17, 15) is 9.90 Å². The van der Waals surface area contributed by atoms with Crippen LogP contribution >= 0.6 is 0 Å². The standard InChI is InChI=1S/C14H26O6/c1-11(15)12(19-10-18-9-8-17-5)6-7-13(16)20-14(2,3)4/h6-7,11-12,15H,8-10H2,1-5H3/b7-6+/t11-,12+/m0/s1. The molecular formula is C14H26O6. The zero-order valence-electron chi connectivity index (χ0n) is 12.9. The van der Waals surface area contributed by atoms with Crippen molar-refractivity contribution >= 4 is 5.97 Å². The fourth-order valence-electron chi connectivity index (χ4n) is 1.19. The highest BCUT2D eigenvalue weighted by Crippen LogP contribution is 2.08. The maximum Gasteiger partial charge on any atom is 0.331 e. The lowest BCUT2D eigenvalue weighted by molar-refractivity contribution is -0.148. The number of rotatable bonds is 9. The molecule has 6 nitrogen and oxygen atoms in total. The van der Waals surface area contributed by atoms with Gasteiger partial charge in [0.05, 0.1) is 19.3 Å². The highest BCUT2D eigenvalue weighted by Gasteiger charge is 2.16. The molecule has 0 aromatic carbocycles. The minimum atomic E-state index is -0.764. The second kappa shape index (κ2) is 9.88. The minimum Gasteiger partial charge on any atom is -0.457 e. The lowest BCUT2D eigenvalue weighted by Gasteiger charge is -2.19. The second-order valence-corrected chi connectivity index (χ2v) is 5.28. The van der Waals surface area contributed by atoms with E-state index >= 15 is 0 Å². The molecule has 0 radical (unpaired) electrons. The number of aliphatic hydroxyl groups excluding tert-OH is 1. The molecule has 0 rings (SSSR count). The number of hydrogen-bond donors (Lipinski definition) is 1. The van der Waals surface area contributed by atoms with Gasteiger partial charge in [0, 0.05) is 13.2 Å². The Morgan fingerprint density at radius 2 is 1.95 bits per heavy atom. The van der Waals surface area contributed by atoms with E-state index in [1.165, 1.54) is 12.2 Å². The molecule has 0 heterocycles. The molecule has 0 saturated carbocycles. The minimum absolute atomic E-state index is 0.0115. The summed E-state index contributed by atoms with van der Waals surface area (Å²) < 4.78 is 20.4. The van der Waals surface area contributed by atoms with Gasteiger partial charge in [-0.1, -0.05) is 0 Å². The zero-order valence-corrected chi connectivity index (χ0v) is 12.9. The molecule has 0 amide bonds. The summed E-state index contributed by atoms with van der Waals surface area (Å²) in [5, 5.41) is 9.55. The SMILES string of the molecule is COCCOCO[C@H](/C=C/C(=O)OC(C)(C)C)[C@H](C)O. The zero-order chi connectivity index (χ0) is 15.6. The maximum atomic E-state index is 11.5. The first-order chi connectivity index (χ1) is 9.26. The van der Waals surface area contributed by atoms with Gasteiger partial charge in [0.2, 0.25) is 0 Å². The summed E-state index contributed by atoms with van der Waals surface area (Å²) >= 11 is 0. The van der Waals surface area contributed by atoms with Crippen LogP contribution in [0.1, 0.15) is 27.7 Å². The van der Waals surface area contributed by atoms with Crippen LogP contribution in [0.15, 0.2) is 12.2 Å². The second-order valence-electron chi connectivity index (χ2n) is 5.28. The van der Waals surface area contributed by atoms with Gasteiger partial charge in [-0.3, -0.25) is 0 Å². The Hall–Kier alpha value is -0.950. The van der Waals surface area contributed by atoms with Crippen molar-refractivity contribution in [1.82, 2.24) is 0 Å². The van der Waals surface area contributed by atoms with Crippen LogP contribution in [0.2, 0.25) is 0 Å². The summed E-state index contributed by atoms with van der Waals surface area (Å²) in [6.07, 6.45) is 1.31. The molecule has 6 heteroatoms. The summed E-state index contributed by atoms with van der Waals surface area (Å²) in [7, 11) is 1.58. The van der Waals surface area contributed by atoms with E-state index in [1.807, 2.05) is 0 Å². The fourth-order valence-corrected chi connectivity index (χ4v) is 1.19. The molecule has 1 N–H and O–H groups in total. The molecular weight excluding hydrogens is 264 g/mol.